The lowest BCUT2D eigenvalue weighted by molar-refractivity contribution is -0.137. The highest BCUT2D eigenvalue weighted by atomic mass is 19.4. The summed E-state index contributed by atoms with van der Waals surface area (Å²) in [7, 11) is -1.02. The zero-order valence-corrected chi connectivity index (χ0v) is 24.1. The maximum absolute atomic E-state index is 12.2. The van der Waals surface area contributed by atoms with Crippen molar-refractivity contribution in [3.8, 4) is 0 Å². The molecule has 0 aromatic heterocycles. The Morgan fingerprint density at radius 2 is 1.67 bits per heavy atom. The van der Waals surface area contributed by atoms with E-state index < -0.39 is 42.8 Å². The normalized spacial score (nSPS) is 14.7. The number of hydrogen-bond donors (Lipinski definition) is 6. The van der Waals surface area contributed by atoms with Crippen LogP contribution in [0.25, 0.3) is 0 Å². The van der Waals surface area contributed by atoms with Crippen LogP contribution in [0.3, 0.4) is 0 Å². The molecule has 0 fully saturated rings. The van der Waals surface area contributed by atoms with E-state index in [0.29, 0.717) is 31.6 Å². The number of hydrogen-bond acceptors (Lipinski definition) is 8. The van der Waals surface area contributed by atoms with Crippen molar-refractivity contribution >= 4 is 30.3 Å². The summed E-state index contributed by atoms with van der Waals surface area (Å²) < 4.78 is 41.5. The zero-order chi connectivity index (χ0) is 32.0. The molecule has 2 atom stereocenters. The third kappa shape index (κ3) is 11.6. The predicted molar refractivity (Wildman–Crippen MR) is 157 cm³/mol. The van der Waals surface area contributed by atoms with Crippen molar-refractivity contribution in [3.63, 3.8) is 0 Å². The number of alkyl halides is 3. The third-order valence-corrected chi connectivity index (χ3v) is 6.66. The van der Waals surface area contributed by atoms with Crippen LogP contribution in [0.5, 0.6) is 0 Å². The van der Waals surface area contributed by atoms with Gasteiger partial charge in [0, 0.05) is 39.1 Å². The van der Waals surface area contributed by atoms with E-state index in [4.69, 9.17) is 21.9 Å². The average molecular weight is 608 g/mol. The summed E-state index contributed by atoms with van der Waals surface area (Å²) in [5.74, 6) is -1.11. The first kappa shape index (κ1) is 35.7. The summed E-state index contributed by atoms with van der Waals surface area (Å²) in [4.78, 5) is 37.9. The molecule has 0 saturated heterocycles. The highest BCUT2D eigenvalue weighted by molar-refractivity contribution is 6.61. The lowest BCUT2D eigenvalue weighted by Crippen LogP contribution is -2.46. The quantitative estimate of drug-likeness (QED) is 0.169. The number of aryl methyl sites for hydroxylation is 1. The Hall–Kier alpha value is -3.50. The van der Waals surface area contributed by atoms with Crippen molar-refractivity contribution in [2.24, 2.45) is 17.2 Å². The van der Waals surface area contributed by atoms with Gasteiger partial charge in [0.15, 0.2) is 0 Å². The van der Waals surface area contributed by atoms with Gasteiger partial charge in [-0.05, 0) is 41.6 Å². The van der Waals surface area contributed by atoms with Crippen molar-refractivity contribution in [1.29, 1.82) is 0 Å². The Kier molecular flexibility index (Phi) is 14.6. The molecule has 11 nitrogen and oxygen atoms in total. The number of carbonyl (C=O) groups is 3. The predicted octanol–water partition coefficient (Wildman–Crippen LogP) is -0.201. The van der Waals surface area contributed by atoms with E-state index in [1.54, 1.807) is 12.1 Å². The van der Waals surface area contributed by atoms with Gasteiger partial charge in [0.25, 0.3) is 0 Å². The number of halogens is 3. The maximum Gasteiger partial charge on any atom is 0.492 e. The Balaban J connectivity index is 0.000000448. The number of amides is 3. The van der Waals surface area contributed by atoms with Crippen LogP contribution < -0.4 is 33.3 Å². The van der Waals surface area contributed by atoms with Crippen LogP contribution in [0.1, 0.15) is 42.6 Å². The first-order valence-electron chi connectivity index (χ1n) is 14.0. The fourth-order valence-electron chi connectivity index (χ4n) is 4.23. The third-order valence-electron chi connectivity index (χ3n) is 6.66. The molecular weight excluding hydrogens is 568 g/mol. The minimum atomic E-state index is -4.22. The van der Waals surface area contributed by atoms with E-state index in [9.17, 15) is 32.6 Å². The number of nitrogens with two attached hydrogens (primary N) is 3. The number of carbonyl (C=O) groups excluding carboxylic acids is 3. The Morgan fingerprint density at radius 3 is 2.26 bits per heavy atom. The minimum absolute atomic E-state index is 0.0849. The highest BCUT2D eigenvalue weighted by Gasteiger charge is 2.34. The fraction of sp³-hybridized carbons (Fsp3) is 0.464. The molecule has 3 rings (SSSR count). The van der Waals surface area contributed by atoms with Gasteiger partial charge in [-0.2, -0.15) is 13.2 Å². The van der Waals surface area contributed by atoms with Gasteiger partial charge in [0.05, 0.1) is 24.3 Å². The summed E-state index contributed by atoms with van der Waals surface area (Å²) in [6.45, 7) is 3.23. The molecule has 0 radical (unpaired) electrons. The summed E-state index contributed by atoms with van der Waals surface area (Å²) in [6.07, 6.45) is -3.70. The fourth-order valence-corrected chi connectivity index (χ4v) is 4.23. The molecule has 236 valence electrons. The molecule has 2 unspecified atom stereocenters. The van der Waals surface area contributed by atoms with E-state index in [1.165, 1.54) is 17.0 Å². The van der Waals surface area contributed by atoms with Gasteiger partial charge >= 0.3 is 13.3 Å². The van der Waals surface area contributed by atoms with E-state index in [1.807, 2.05) is 19.1 Å². The first-order valence-corrected chi connectivity index (χ1v) is 14.0. The Labute approximate surface area is 249 Å². The monoisotopic (exact) mass is 608 g/mol. The van der Waals surface area contributed by atoms with E-state index in [-0.39, 0.29) is 31.8 Å². The van der Waals surface area contributed by atoms with Gasteiger partial charge in [-0.1, -0.05) is 43.3 Å². The molecule has 9 N–H and O–H groups in total. The Morgan fingerprint density at radius 1 is 1.05 bits per heavy atom. The largest absolute Gasteiger partial charge is 0.492 e. The molecule has 0 spiro atoms. The lowest BCUT2D eigenvalue weighted by atomic mass is 9.79. The molecular formula is C28H40BF3N6O5. The van der Waals surface area contributed by atoms with Crippen molar-refractivity contribution < 1.29 is 37.2 Å². The molecule has 1 aliphatic rings. The van der Waals surface area contributed by atoms with E-state index >= 15 is 0 Å². The average Bonchev–Trinajstić information content (AvgIpc) is 3.32. The summed E-state index contributed by atoms with van der Waals surface area (Å²) in [5.41, 5.74) is 18.6. The van der Waals surface area contributed by atoms with Crippen LogP contribution in [0.15, 0.2) is 48.5 Å². The van der Waals surface area contributed by atoms with Crippen LogP contribution in [0.4, 0.5) is 13.2 Å². The Bertz CT molecular complexity index is 1180. The van der Waals surface area contributed by atoms with Crippen molar-refractivity contribution in [1.82, 2.24) is 15.5 Å². The van der Waals surface area contributed by atoms with Gasteiger partial charge < -0.3 is 42.4 Å². The smallest absolute Gasteiger partial charge is 0.423 e. The number of nitrogens with zero attached hydrogens (tertiary/aromatic N) is 1. The number of nitrogens with one attached hydrogen (secondary N) is 2. The molecule has 43 heavy (non-hydrogen) atoms. The molecule has 1 aliphatic heterocycles. The van der Waals surface area contributed by atoms with Gasteiger partial charge in [0.2, 0.25) is 17.7 Å². The number of benzene rings is 2. The van der Waals surface area contributed by atoms with Crippen LogP contribution in [-0.4, -0.2) is 80.1 Å². The molecule has 0 bridgehead atoms. The van der Waals surface area contributed by atoms with Crippen LogP contribution >= 0.6 is 0 Å². The first-order chi connectivity index (χ1) is 20.4. The van der Waals surface area contributed by atoms with Gasteiger partial charge in [-0.15, -0.1) is 0 Å². The molecule has 1 heterocycles. The SMILES string of the molecule is CCc1ccc(C(F)(F)F)cc1.NCCN(CCN)C(=O)CCC(N)C(=O)NCC(=O)NCC1OB(O)c2ccccc21. The van der Waals surface area contributed by atoms with Crippen molar-refractivity contribution in [3.05, 3.63) is 65.2 Å². The number of fused-ring (bicyclic) bond motifs is 1. The second-order valence-electron chi connectivity index (χ2n) is 9.78. The zero-order valence-electron chi connectivity index (χ0n) is 24.1. The molecule has 0 aliphatic carbocycles. The topological polar surface area (TPSA) is 186 Å². The standard InChI is InChI=1S/C19H31BN6O5.C9H9F3/c21-7-9-26(10-8-22)18(28)6-5-15(23)19(29)25-12-17(27)24-11-16-13-3-1-2-4-14(13)20(30)31-16;1-2-7-3-5-8(6-4-7)9(10,11)12/h1-4,15-16,30H,5-12,21-23H2,(H,24,27)(H,25,29);3-6H,2H2,1H3. The van der Waals surface area contributed by atoms with Crippen molar-refractivity contribution in [2.45, 2.75) is 44.5 Å². The second-order valence-corrected chi connectivity index (χ2v) is 9.78. The minimum Gasteiger partial charge on any atom is -0.423 e. The molecule has 2 aromatic rings. The van der Waals surface area contributed by atoms with Gasteiger partial charge in [-0.25, -0.2) is 0 Å². The van der Waals surface area contributed by atoms with Crippen molar-refractivity contribution in [2.75, 3.05) is 39.3 Å². The second kappa shape index (κ2) is 17.6. The lowest BCUT2D eigenvalue weighted by Gasteiger charge is -2.22. The molecule has 2 aromatic carbocycles. The van der Waals surface area contributed by atoms with Crippen LogP contribution in [0, 0.1) is 0 Å². The molecule has 0 saturated carbocycles. The van der Waals surface area contributed by atoms with Gasteiger partial charge in [-0.3, -0.25) is 14.4 Å². The number of rotatable bonds is 13. The summed E-state index contributed by atoms with van der Waals surface area (Å²) in [5, 5.41) is 15.0. The molecule has 3 amide bonds. The summed E-state index contributed by atoms with van der Waals surface area (Å²) in [6, 6.07) is 11.5. The van der Waals surface area contributed by atoms with E-state index in [0.717, 1.165) is 29.7 Å². The molecule has 15 heteroatoms. The highest BCUT2D eigenvalue weighted by Crippen LogP contribution is 2.29. The van der Waals surface area contributed by atoms with Crippen LogP contribution in [0.2, 0.25) is 0 Å². The maximum atomic E-state index is 12.2. The van der Waals surface area contributed by atoms with Crippen LogP contribution in [-0.2, 0) is 31.6 Å². The summed E-state index contributed by atoms with van der Waals surface area (Å²) >= 11 is 0. The van der Waals surface area contributed by atoms with Gasteiger partial charge in [0.1, 0.15) is 0 Å². The van der Waals surface area contributed by atoms with E-state index in [2.05, 4.69) is 10.6 Å².